The van der Waals surface area contributed by atoms with Crippen LogP contribution in [-0.2, 0) is 14.3 Å². The molecule has 1 rings (SSSR count). The van der Waals surface area contributed by atoms with Crippen LogP contribution in [0.3, 0.4) is 0 Å². The predicted octanol–water partition coefficient (Wildman–Crippen LogP) is 1.72. The van der Waals surface area contributed by atoms with E-state index in [4.69, 9.17) is 4.74 Å². The normalized spacial score (nSPS) is 27.0. The Kier molecular flexibility index (Phi) is 3.09. The first-order valence-corrected chi connectivity index (χ1v) is 4.88. The molecule has 2 atom stereocenters. The average Bonchev–Trinajstić information content (AvgIpc) is 2.32. The molecule has 1 aliphatic carbocycles. The largest absolute Gasteiger partial charge is 0.465 e. The van der Waals surface area contributed by atoms with Crippen LogP contribution < -0.4 is 0 Å². The number of carbonyl (C=O) groups is 2. The lowest BCUT2D eigenvalue weighted by molar-refractivity contribution is -0.151. The molecule has 14 heavy (non-hydrogen) atoms. The van der Waals surface area contributed by atoms with E-state index in [0.717, 1.165) is 11.1 Å². The van der Waals surface area contributed by atoms with Gasteiger partial charge in [0.1, 0.15) is 5.92 Å². The van der Waals surface area contributed by atoms with E-state index in [0.29, 0.717) is 6.61 Å². The third-order valence-corrected chi connectivity index (χ3v) is 2.97. The molecule has 2 unspecified atom stereocenters. The molecule has 0 aromatic rings. The van der Waals surface area contributed by atoms with Crippen molar-refractivity contribution in [1.82, 2.24) is 0 Å². The summed E-state index contributed by atoms with van der Waals surface area (Å²) in [5, 5.41) is 0. The summed E-state index contributed by atoms with van der Waals surface area (Å²) in [6.07, 6.45) is 0. The van der Waals surface area contributed by atoms with Gasteiger partial charge in [0.2, 0.25) is 0 Å². The van der Waals surface area contributed by atoms with Crippen LogP contribution in [0.4, 0.5) is 0 Å². The zero-order valence-electron chi connectivity index (χ0n) is 9.09. The smallest absolute Gasteiger partial charge is 0.317 e. The maximum Gasteiger partial charge on any atom is 0.317 e. The molecular formula is C11H16O3. The van der Waals surface area contributed by atoms with Gasteiger partial charge in [-0.05, 0) is 32.3 Å². The van der Waals surface area contributed by atoms with Gasteiger partial charge in [-0.3, -0.25) is 9.59 Å². The topological polar surface area (TPSA) is 43.4 Å². The van der Waals surface area contributed by atoms with Gasteiger partial charge in [0.15, 0.2) is 5.78 Å². The van der Waals surface area contributed by atoms with E-state index in [-0.39, 0.29) is 17.7 Å². The number of hydrogen-bond acceptors (Lipinski definition) is 3. The number of esters is 1. The second-order valence-electron chi connectivity index (χ2n) is 3.69. The highest BCUT2D eigenvalue weighted by Gasteiger charge is 2.41. The first-order chi connectivity index (χ1) is 6.50. The first kappa shape index (κ1) is 11.0. The fourth-order valence-electron chi connectivity index (χ4n) is 1.79. The highest BCUT2D eigenvalue weighted by atomic mass is 16.5. The molecule has 0 heterocycles. The van der Waals surface area contributed by atoms with Gasteiger partial charge in [-0.15, -0.1) is 0 Å². The number of ketones is 1. The Labute approximate surface area is 84.1 Å². The summed E-state index contributed by atoms with van der Waals surface area (Å²) in [6.45, 7) is 7.64. The van der Waals surface area contributed by atoms with Gasteiger partial charge in [0.25, 0.3) is 0 Å². The average molecular weight is 196 g/mol. The lowest BCUT2D eigenvalue weighted by Crippen LogP contribution is -2.27. The molecule has 0 radical (unpaired) electrons. The van der Waals surface area contributed by atoms with Gasteiger partial charge >= 0.3 is 5.97 Å². The van der Waals surface area contributed by atoms with Crippen LogP contribution in [0.15, 0.2) is 11.1 Å². The number of allylic oxidation sites excluding steroid dienone is 2. The molecule has 0 N–H and O–H groups in total. The molecule has 0 fully saturated rings. The first-order valence-electron chi connectivity index (χ1n) is 4.88. The molecule has 0 spiro atoms. The summed E-state index contributed by atoms with van der Waals surface area (Å²) < 4.78 is 4.88. The summed E-state index contributed by atoms with van der Waals surface area (Å²) in [4.78, 5) is 23.2. The Balaban J connectivity index is 2.86. The van der Waals surface area contributed by atoms with Crippen LogP contribution in [0.2, 0.25) is 0 Å². The quantitative estimate of drug-likeness (QED) is 0.499. The van der Waals surface area contributed by atoms with Crippen molar-refractivity contribution in [2.75, 3.05) is 6.61 Å². The van der Waals surface area contributed by atoms with E-state index in [9.17, 15) is 9.59 Å². The molecule has 0 aromatic carbocycles. The molecule has 0 aliphatic heterocycles. The Bertz CT molecular complexity index is 302. The third-order valence-electron chi connectivity index (χ3n) is 2.97. The van der Waals surface area contributed by atoms with Crippen molar-refractivity contribution in [1.29, 1.82) is 0 Å². The molecule has 0 aromatic heterocycles. The van der Waals surface area contributed by atoms with Crippen LogP contribution in [0.1, 0.15) is 27.7 Å². The molecule has 0 amide bonds. The van der Waals surface area contributed by atoms with Crippen LogP contribution in [0.5, 0.6) is 0 Å². The minimum absolute atomic E-state index is 0.0125. The van der Waals surface area contributed by atoms with Gasteiger partial charge in [-0.1, -0.05) is 12.5 Å². The van der Waals surface area contributed by atoms with E-state index >= 15 is 0 Å². The Morgan fingerprint density at radius 2 is 2.00 bits per heavy atom. The van der Waals surface area contributed by atoms with Crippen molar-refractivity contribution in [2.45, 2.75) is 27.7 Å². The molecule has 78 valence electrons. The highest BCUT2D eigenvalue weighted by molar-refractivity contribution is 6.11. The van der Waals surface area contributed by atoms with Crippen LogP contribution in [0, 0.1) is 11.8 Å². The number of ether oxygens (including phenoxy) is 1. The van der Waals surface area contributed by atoms with Crippen molar-refractivity contribution >= 4 is 11.8 Å². The zero-order valence-corrected chi connectivity index (χ0v) is 9.09. The zero-order chi connectivity index (χ0) is 10.9. The van der Waals surface area contributed by atoms with E-state index in [2.05, 4.69) is 0 Å². The Hall–Kier alpha value is -1.12. The predicted molar refractivity (Wildman–Crippen MR) is 52.7 cm³/mol. The molecule has 0 bridgehead atoms. The minimum Gasteiger partial charge on any atom is -0.465 e. The lowest BCUT2D eigenvalue weighted by atomic mass is 9.93. The fraction of sp³-hybridized carbons (Fsp3) is 0.636. The summed E-state index contributed by atoms with van der Waals surface area (Å²) in [5.41, 5.74) is 1.73. The van der Waals surface area contributed by atoms with Crippen molar-refractivity contribution in [3.8, 4) is 0 Å². The minimum atomic E-state index is -0.602. The maximum absolute atomic E-state index is 11.7. The maximum atomic E-state index is 11.7. The van der Waals surface area contributed by atoms with Crippen molar-refractivity contribution < 1.29 is 14.3 Å². The van der Waals surface area contributed by atoms with Crippen molar-refractivity contribution in [2.24, 2.45) is 11.8 Å². The van der Waals surface area contributed by atoms with Crippen LogP contribution >= 0.6 is 0 Å². The molecule has 0 saturated carbocycles. The second-order valence-corrected chi connectivity index (χ2v) is 3.69. The SMILES string of the molecule is CCOC(=O)C1C(=O)C(C)=C(C)C1C. The van der Waals surface area contributed by atoms with Gasteiger partial charge in [-0.2, -0.15) is 0 Å². The van der Waals surface area contributed by atoms with E-state index in [1.165, 1.54) is 0 Å². The van der Waals surface area contributed by atoms with Gasteiger partial charge in [0.05, 0.1) is 6.61 Å². The number of Topliss-reactive ketones (excluding diaryl/α,β-unsaturated/α-hetero) is 1. The summed E-state index contributed by atoms with van der Waals surface area (Å²) >= 11 is 0. The number of hydrogen-bond donors (Lipinski definition) is 0. The molecule has 1 aliphatic rings. The Morgan fingerprint density at radius 3 is 2.36 bits per heavy atom. The standard InChI is InChI=1S/C11H16O3/c1-5-14-11(13)9-7(3)6(2)8(4)10(9)12/h7,9H,5H2,1-4H3. The number of rotatable bonds is 2. The molecule has 3 heteroatoms. The van der Waals surface area contributed by atoms with E-state index < -0.39 is 5.92 Å². The molecule has 0 saturated heterocycles. The van der Waals surface area contributed by atoms with Crippen molar-refractivity contribution in [3.63, 3.8) is 0 Å². The molecule has 3 nitrogen and oxygen atoms in total. The van der Waals surface area contributed by atoms with Crippen molar-refractivity contribution in [3.05, 3.63) is 11.1 Å². The summed E-state index contributed by atoms with van der Waals surface area (Å²) in [7, 11) is 0. The number of carbonyl (C=O) groups excluding carboxylic acids is 2. The van der Waals surface area contributed by atoms with Gasteiger partial charge < -0.3 is 4.74 Å². The Morgan fingerprint density at radius 1 is 1.43 bits per heavy atom. The van der Waals surface area contributed by atoms with Crippen LogP contribution in [-0.4, -0.2) is 18.4 Å². The summed E-state index contributed by atoms with van der Waals surface area (Å²) in [5.74, 6) is -1.08. The van der Waals surface area contributed by atoms with Gasteiger partial charge in [0, 0.05) is 0 Å². The van der Waals surface area contributed by atoms with E-state index in [1.807, 2.05) is 13.8 Å². The lowest BCUT2D eigenvalue weighted by Gasteiger charge is -2.13. The molecular weight excluding hydrogens is 180 g/mol. The third kappa shape index (κ3) is 1.59. The fourth-order valence-corrected chi connectivity index (χ4v) is 1.79. The van der Waals surface area contributed by atoms with E-state index in [1.54, 1.807) is 13.8 Å². The van der Waals surface area contributed by atoms with Gasteiger partial charge in [-0.25, -0.2) is 0 Å². The van der Waals surface area contributed by atoms with Crippen LogP contribution in [0.25, 0.3) is 0 Å². The summed E-state index contributed by atoms with van der Waals surface area (Å²) in [6, 6.07) is 0. The second kappa shape index (κ2) is 3.95. The highest BCUT2D eigenvalue weighted by Crippen LogP contribution is 2.34. The monoisotopic (exact) mass is 196 g/mol.